The fourth-order valence-corrected chi connectivity index (χ4v) is 2.00. The molecule has 0 aliphatic rings. The number of hydrogen-bond donors (Lipinski definition) is 2. The number of benzene rings is 1. The molecule has 2 N–H and O–H groups in total. The predicted octanol–water partition coefficient (Wildman–Crippen LogP) is 2.17. The van der Waals surface area contributed by atoms with Crippen LogP contribution in [0.25, 0.3) is 0 Å². The van der Waals surface area contributed by atoms with Crippen molar-refractivity contribution in [3.05, 3.63) is 40.7 Å². The number of ether oxygens (including phenoxy) is 1. The van der Waals surface area contributed by atoms with Crippen LogP contribution in [0.1, 0.15) is 24.2 Å². The number of H-pyrrole nitrogens is 1. The summed E-state index contributed by atoms with van der Waals surface area (Å²) < 4.78 is 5.23. The first-order valence-electron chi connectivity index (χ1n) is 5.68. The second-order valence-corrected chi connectivity index (χ2v) is 4.19. The Bertz CT molecular complexity index is 501. The Hall–Kier alpha value is -1.59. The van der Waals surface area contributed by atoms with Gasteiger partial charge in [0.25, 0.3) is 0 Å². The Kier molecular flexibility index (Phi) is 4.17. The highest BCUT2D eigenvalue weighted by Gasteiger charge is 2.17. The van der Waals surface area contributed by atoms with Crippen LogP contribution in [-0.2, 0) is 0 Å². The average Bonchev–Trinajstić information content (AvgIpc) is 2.90. The van der Waals surface area contributed by atoms with Gasteiger partial charge < -0.3 is 10.1 Å². The zero-order valence-electron chi connectivity index (χ0n) is 10.3. The second kappa shape index (κ2) is 5.84. The van der Waals surface area contributed by atoms with Crippen LogP contribution in [0, 0.1) is 0 Å². The predicted molar refractivity (Wildman–Crippen MR) is 69.9 cm³/mol. The van der Waals surface area contributed by atoms with E-state index in [1.807, 2.05) is 25.1 Å². The van der Waals surface area contributed by atoms with Gasteiger partial charge in [0.15, 0.2) is 0 Å². The maximum Gasteiger partial charge on any atom is 0.137 e. The standard InChI is InChI=1S/C12H15ClN4O/c1-3-14-12(10-7-15-17-16-10)8-4-5-9(13)11(6-8)18-2/h4-7,12,14H,3H2,1-2H3,(H,15,16,17). The number of nitrogens with one attached hydrogen (secondary N) is 2. The molecule has 1 atom stereocenters. The van der Waals surface area contributed by atoms with Crippen LogP contribution < -0.4 is 10.1 Å². The summed E-state index contributed by atoms with van der Waals surface area (Å²) in [5.74, 6) is 0.653. The lowest BCUT2D eigenvalue weighted by Crippen LogP contribution is -2.22. The van der Waals surface area contributed by atoms with E-state index in [-0.39, 0.29) is 6.04 Å². The fraction of sp³-hybridized carbons (Fsp3) is 0.333. The topological polar surface area (TPSA) is 62.8 Å². The smallest absolute Gasteiger partial charge is 0.137 e. The third-order valence-corrected chi connectivity index (χ3v) is 2.96. The monoisotopic (exact) mass is 266 g/mol. The lowest BCUT2D eigenvalue weighted by molar-refractivity contribution is 0.414. The van der Waals surface area contributed by atoms with Gasteiger partial charge in [0, 0.05) is 0 Å². The lowest BCUT2D eigenvalue weighted by Gasteiger charge is -2.16. The first-order valence-corrected chi connectivity index (χ1v) is 6.06. The average molecular weight is 267 g/mol. The number of nitrogens with zero attached hydrogens (tertiary/aromatic N) is 2. The lowest BCUT2D eigenvalue weighted by atomic mass is 10.0. The van der Waals surface area contributed by atoms with Crippen LogP contribution in [0.3, 0.4) is 0 Å². The Labute approximate surface area is 111 Å². The van der Waals surface area contributed by atoms with Crippen molar-refractivity contribution in [3.63, 3.8) is 0 Å². The molecule has 0 fully saturated rings. The summed E-state index contributed by atoms with van der Waals surface area (Å²) in [6.45, 7) is 2.86. The van der Waals surface area contributed by atoms with E-state index in [4.69, 9.17) is 16.3 Å². The molecule has 6 heteroatoms. The Morgan fingerprint density at radius 1 is 1.50 bits per heavy atom. The SMILES string of the molecule is CCNC(c1ccc(Cl)c(OC)c1)c1cn[nH]n1. The maximum atomic E-state index is 6.02. The summed E-state index contributed by atoms with van der Waals surface area (Å²) in [5.41, 5.74) is 1.87. The van der Waals surface area contributed by atoms with Gasteiger partial charge in [0.05, 0.1) is 24.4 Å². The van der Waals surface area contributed by atoms with Gasteiger partial charge >= 0.3 is 0 Å². The first kappa shape index (κ1) is 12.9. The highest BCUT2D eigenvalue weighted by atomic mass is 35.5. The Morgan fingerprint density at radius 3 is 2.94 bits per heavy atom. The molecule has 2 aromatic rings. The van der Waals surface area contributed by atoms with Crippen molar-refractivity contribution in [3.8, 4) is 5.75 Å². The zero-order chi connectivity index (χ0) is 13.0. The van der Waals surface area contributed by atoms with Crippen LogP contribution >= 0.6 is 11.6 Å². The highest BCUT2D eigenvalue weighted by molar-refractivity contribution is 6.32. The third-order valence-electron chi connectivity index (χ3n) is 2.65. The molecule has 0 bridgehead atoms. The summed E-state index contributed by atoms with van der Waals surface area (Å²) in [6, 6.07) is 5.65. The van der Waals surface area contributed by atoms with Crippen LogP contribution in [-0.4, -0.2) is 29.1 Å². The van der Waals surface area contributed by atoms with Crippen molar-refractivity contribution in [1.82, 2.24) is 20.7 Å². The summed E-state index contributed by atoms with van der Waals surface area (Å²) >= 11 is 6.02. The molecule has 0 radical (unpaired) electrons. The highest BCUT2D eigenvalue weighted by Crippen LogP contribution is 2.29. The van der Waals surface area contributed by atoms with Crippen LogP contribution in [0.4, 0.5) is 0 Å². The van der Waals surface area contributed by atoms with Gasteiger partial charge in [0.2, 0.25) is 0 Å². The van der Waals surface area contributed by atoms with E-state index in [2.05, 4.69) is 20.7 Å². The molecule has 0 saturated heterocycles. The van der Waals surface area contributed by atoms with Crippen molar-refractivity contribution in [1.29, 1.82) is 0 Å². The summed E-state index contributed by atoms with van der Waals surface area (Å²) in [4.78, 5) is 0. The normalized spacial score (nSPS) is 12.4. The van der Waals surface area contributed by atoms with E-state index in [1.165, 1.54) is 0 Å². The van der Waals surface area contributed by atoms with Gasteiger partial charge in [0.1, 0.15) is 11.4 Å². The van der Waals surface area contributed by atoms with Crippen LogP contribution in [0.2, 0.25) is 5.02 Å². The molecule has 2 rings (SSSR count). The first-order chi connectivity index (χ1) is 8.76. The molecule has 0 aliphatic heterocycles. The van der Waals surface area contributed by atoms with E-state index in [0.717, 1.165) is 17.8 Å². The van der Waals surface area contributed by atoms with Crippen molar-refractivity contribution in [2.45, 2.75) is 13.0 Å². The minimum atomic E-state index is -0.0279. The van der Waals surface area contributed by atoms with E-state index >= 15 is 0 Å². The summed E-state index contributed by atoms with van der Waals surface area (Å²) in [7, 11) is 1.60. The molecule has 18 heavy (non-hydrogen) atoms. The summed E-state index contributed by atoms with van der Waals surface area (Å²) in [6.07, 6.45) is 1.70. The number of aromatic amines is 1. The molecule has 1 heterocycles. The number of rotatable bonds is 5. The molecular weight excluding hydrogens is 252 g/mol. The molecule has 0 aliphatic carbocycles. The fourth-order valence-electron chi connectivity index (χ4n) is 1.80. The number of hydrogen-bond acceptors (Lipinski definition) is 4. The van der Waals surface area contributed by atoms with Crippen LogP contribution in [0.5, 0.6) is 5.75 Å². The maximum absolute atomic E-state index is 6.02. The molecule has 0 saturated carbocycles. The zero-order valence-corrected chi connectivity index (χ0v) is 11.0. The van der Waals surface area contributed by atoms with Gasteiger partial charge in [-0.05, 0) is 24.2 Å². The van der Waals surface area contributed by atoms with E-state index in [0.29, 0.717) is 10.8 Å². The van der Waals surface area contributed by atoms with E-state index in [1.54, 1.807) is 13.3 Å². The van der Waals surface area contributed by atoms with Gasteiger partial charge in [-0.1, -0.05) is 24.6 Å². The molecule has 5 nitrogen and oxygen atoms in total. The molecule has 96 valence electrons. The minimum Gasteiger partial charge on any atom is -0.495 e. The number of halogens is 1. The van der Waals surface area contributed by atoms with Gasteiger partial charge in [-0.25, -0.2) is 0 Å². The van der Waals surface area contributed by atoms with Crippen molar-refractivity contribution < 1.29 is 4.74 Å². The van der Waals surface area contributed by atoms with Gasteiger partial charge in [-0.15, -0.1) is 0 Å². The summed E-state index contributed by atoms with van der Waals surface area (Å²) in [5, 5.41) is 14.5. The minimum absolute atomic E-state index is 0.0279. The van der Waals surface area contributed by atoms with E-state index in [9.17, 15) is 0 Å². The van der Waals surface area contributed by atoms with Crippen molar-refractivity contribution in [2.24, 2.45) is 0 Å². The van der Waals surface area contributed by atoms with Crippen molar-refractivity contribution in [2.75, 3.05) is 13.7 Å². The number of methoxy groups -OCH3 is 1. The van der Waals surface area contributed by atoms with Crippen LogP contribution in [0.15, 0.2) is 24.4 Å². The Balaban J connectivity index is 2.36. The van der Waals surface area contributed by atoms with Gasteiger partial charge in [-0.3, -0.25) is 0 Å². The molecule has 1 aromatic heterocycles. The molecule has 0 amide bonds. The van der Waals surface area contributed by atoms with Crippen molar-refractivity contribution >= 4 is 11.6 Å². The number of aromatic nitrogens is 3. The molecular formula is C12H15ClN4O. The van der Waals surface area contributed by atoms with Gasteiger partial charge in [-0.2, -0.15) is 15.4 Å². The molecule has 1 unspecified atom stereocenters. The second-order valence-electron chi connectivity index (χ2n) is 3.78. The largest absolute Gasteiger partial charge is 0.495 e. The third kappa shape index (κ3) is 2.63. The molecule has 0 spiro atoms. The van der Waals surface area contributed by atoms with E-state index < -0.39 is 0 Å². The quantitative estimate of drug-likeness (QED) is 0.871. The molecule has 1 aromatic carbocycles. The Morgan fingerprint density at radius 2 is 2.33 bits per heavy atom.